The van der Waals surface area contributed by atoms with Gasteiger partial charge in [-0.15, -0.1) is 11.3 Å². The second-order valence-electron chi connectivity index (χ2n) is 8.02. The standard InChI is InChI=1S/C22H28N4O4S/c1-15(2)11-23-22(28)19-14-31-20(24-19)13-25(12-16(3)4)21(27)10-7-17-5-8-18(9-6-17)26(29)30/h5-10,14-16H,11-13H2,1-4H3,(H,23,28)/b10-7+. The maximum absolute atomic E-state index is 12.8. The first-order chi connectivity index (χ1) is 14.7. The van der Waals surface area contributed by atoms with E-state index in [1.54, 1.807) is 28.5 Å². The molecule has 0 bridgehead atoms. The van der Waals surface area contributed by atoms with E-state index in [9.17, 15) is 19.7 Å². The van der Waals surface area contributed by atoms with E-state index < -0.39 is 4.92 Å². The molecule has 1 heterocycles. The SMILES string of the molecule is CC(C)CNC(=O)c1csc(CN(CC(C)C)C(=O)/C=C/c2ccc([N+](=O)[O-])cc2)n1. The first kappa shape index (κ1) is 24.2. The summed E-state index contributed by atoms with van der Waals surface area (Å²) in [6.07, 6.45) is 3.08. The van der Waals surface area contributed by atoms with Gasteiger partial charge in [-0.25, -0.2) is 4.98 Å². The monoisotopic (exact) mass is 444 g/mol. The van der Waals surface area contributed by atoms with Gasteiger partial charge in [0.1, 0.15) is 10.7 Å². The molecule has 0 aliphatic heterocycles. The Kier molecular flexibility index (Phi) is 8.87. The summed E-state index contributed by atoms with van der Waals surface area (Å²) in [4.78, 5) is 41.3. The van der Waals surface area contributed by atoms with Crippen LogP contribution < -0.4 is 5.32 Å². The van der Waals surface area contributed by atoms with Crippen molar-refractivity contribution in [2.75, 3.05) is 13.1 Å². The summed E-state index contributed by atoms with van der Waals surface area (Å²) >= 11 is 1.35. The Hall–Kier alpha value is -3.07. The van der Waals surface area contributed by atoms with Gasteiger partial charge in [0.15, 0.2) is 0 Å². The average molecular weight is 445 g/mol. The molecule has 0 radical (unpaired) electrons. The van der Waals surface area contributed by atoms with E-state index >= 15 is 0 Å². The van der Waals surface area contributed by atoms with Gasteiger partial charge in [-0.2, -0.15) is 0 Å². The number of aromatic nitrogens is 1. The predicted molar refractivity (Wildman–Crippen MR) is 122 cm³/mol. The van der Waals surface area contributed by atoms with E-state index in [4.69, 9.17) is 0 Å². The maximum Gasteiger partial charge on any atom is 0.270 e. The average Bonchev–Trinajstić information content (AvgIpc) is 3.18. The molecule has 0 unspecified atom stereocenters. The zero-order valence-electron chi connectivity index (χ0n) is 18.2. The number of non-ortho nitro benzene ring substituents is 1. The van der Waals surface area contributed by atoms with Crippen molar-refractivity contribution in [3.8, 4) is 0 Å². The summed E-state index contributed by atoms with van der Waals surface area (Å²) < 4.78 is 0. The minimum absolute atomic E-state index is 0.00177. The van der Waals surface area contributed by atoms with Crippen LogP contribution in [0.3, 0.4) is 0 Å². The van der Waals surface area contributed by atoms with Crippen molar-refractivity contribution < 1.29 is 14.5 Å². The van der Waals surface area contributed by atoms with Crippen molar-refractivity contribution in [3.05, 3.63) is 62.1 Å². The summed E-state index contributed by atoms with van der Waals surface area (Å²) in [5.74, 6) is 0.207. The zero-order valence-corrected chi connectivity index (χ0v) is 19.0. The van der Waals surface area contributed by atoms with Crippen molar-refractivity contribution in [2.45, 2.75) is 34.2 Å². The number of benzene rings is 1. The summed E-state index contributed by atoms with van der Waals surface area (Å²) in [6.45, 7) is 9.51. The molecule has 1 N–H and O–H groups in total. The van der Waals surface area contributed by atoms with Gasteiger partial charge in [-0.3, -0.25) is 19.7 Å². The van der Waals surface area contributed by atoms with Gasteiger partial charge < -0.3 is 10.2 Å². The molecular weight excluding hydrogens is 416 g/mol. The lowest BCUT2D eigenvalue weighted by atomic mass is 10.1. The lowest BCUT2D eigenvalue weighted by Gasteiger charge is -2.22. The van der Waals surface area contributed by atoms with Crippen LogP contribution in [-0.4, -0.2) is 39.7 Å². The van der Waals surface area contributed by atoms with Crippen LogP contribution in [0.1, 0.15) is 48.8 Å². The molecule has 2 aromatic rings. The largest absolute Gasteiger partial charge is 0.350 e. The maximum atomic E-state index is 12.8. The summed E-state index contributed by atoms with van der Waals surface area (Å²) in [6, 6.07) is 5.99. The number of thiazole rings is 1. The second kappa shape index (κ2) is 11.4. The molecular formula is C22H28N4O4S. The van der Waals surface area contributed by atoms with E-state index in [1.807, 2.05) is 27.7 Å². The zero-order chi connectivity index (χ0) is 23.0. The van der Waals surface area contributed by atoms with E-state index in [1.165, 1.54) is 29.5 Å². The lowest BCUT2D eigenvalue weighted by Crippen LogP contribution is -2.32. The minimum Gasteiger partial charge on any atom is -0.350 e. The number of rotatable bonds is 10. The molecule has 0 saturated heterocycles. The highest BCUT2D eigenvalue weighted by molar-refractivity contribution is 7.09. The van der Waals surface area contributed by atoms with E-state index in [2.05, 4.69) is 10.3 Å². The summed E-state index contributed by atoms with van der Waals surface area (Å²) in [5.41, 5.74) is 1.06. The Morgan fingerprint density at radius 1 is 1.19 bits per heavy atom. The van der Waals surface area contributed by atoms with Gasteiger partial charge >= 0.3 is 0 Å². The number of carbonyl (C=O) groups is 2. The lowest BCUT2D eigenvalue weighted by molar-refractivity contribution is -0.384. The smallest absolute Gasteiger partial charge is 0.270 e. The summed E-state index contributed by atoms with van der Waals surface area (Å²) in [5, 5.41) is 16.0. The normalized spacial score (nSPS) is 11.3. The number of amides is 2. The number of carbonyl (C=O) groups excluding carboxylic acids is 2. The molecule has 2 rings (SSSR count). The van der Waals surface area contributed by atoms with Crippen molar-refractivity contribution in [2.24, 2.45) is 11.8 Å². The second-order valence-corrected chi connectivity index (χ2v) is 8.97. The van der Waals surface area contributed by atoms with Gasteiger partial charge in [-0.1, -0.05) is 27.7 Å². The fourth-order valence-corrected chi connectivity index (χ4v) is 3.48. The highest BCUT2D eigenvalue weighted by atomic mass is 32.1. The van der Waals surface area contributed by atoms with Gasteiger partial charge in [0, 0.05) is 36.7 Å². The van der Waals surface area contributed by atoms with Gasteiger partial charge in [-0.05, 0) is 35.6 Å². The Morgan fingerprint density at radius 2 is 1.87 bits per heavy atom. The van der Waals surface area contributed by atoms with E-state index in [0.29, 0.717) is 41.8 Å². The molecule has 1 aromatic carbocycles. The molecule has 0 aliphatic carbocycles. The third kappa shape index (κ3) is 7.93. The Labute approximate surface area is 186 Å². The van der Waals surface area contributed by atoms with Crippen LogP contribution in [0.15, 0.2) is 35.7 Å². The van der Waals surface area contributed by atoms with Crippen LogP contribution in [-0.2, 0) is 11.3 Å². The fourth-order valence-electron chi connectivity index (χ4n) is 2.69. The number of nitrogens with one attached hydrogen (secondary N) is 1. The molecule has 0 saturated carbocycles. The fraction of sp³-hybridized carbons (Fsp3) is 0.409. The molecule has 9 heteroatoms. The molecule has 0 aliphatic rings. The molecule has 2 amide bonds. The van der Waals surface area contributed by atoms with Crippen LogP contribution in [0.5, 0.6) is 0 Å². The van der Waals surface area contributed by atoms with Crippen molar-refractivity contribution >= 4 is 34.9 Å². The molecule has 8 nitrogen and oxygen atoms in total. The Bertz CT molecular complexity index is 935. The number of hydrogen-bond acceptors (Lipinski definition) is 6. The third-order valence-corrected chi connectivity index (χ3v) is 5.03. The Morgan fingerprint density at radius 3 is 2.45 bits per heavy atom. The molecule has 166 valence electrons. The first-order valence-corrected chi connectivity index (χ1v) is 11.0. The van der Waals surface area contributed by atoms with Crippen LogP contribution in [0.4, 0.5) is 5.69 Å². The molecule has 1 aromatic heterocycles. The predicted octanol–water partition coefficient (Wildman–Crippen LogP) is 4.14. The summed E-state index contributed by atoms with van der Waals surface area (Å²) in [7, 11) is 0. The first-order valence-electron chi connectivity index (χ1n) is 10.1. The van der Waals surface area contributed by atoms with Crippen LogP contribution in [0, 0.1) is 22.0 Å². The highest BCUT2D eigenvalue weighted by Gasteiger charge is 2.17. The number of hydrogen-bond donors (Lipinski definition) is 1. The Balaban J connectivity index is 2.06. The number of nitro groups is 1. The van der Waals surface area contributed by atoms with Crippen molar-refractivity contribution in [1.82, 2.24) is 15.2 Å². The van der Waals surface area contributed by atoms with Crippen LogP contribution >= 0.6 is 11.3 Å². The van der Waals surface area contributed by atoms with Crippen LogP contribution in [0.25, 0.3) is 6.08 Å². The van der Waals surface area contributed by atoms with Gasteiger partial charge in [0.05, 0.1) is 11.5 Å². The van der Waals surface area contributed by atoms with E-state index in [-0.39, 0.29) is 23.4 Å². The van der Waals surface area contributed by atoms with E-state index in [0.717, 1.165) is 0 Å². The third-order valence-electron chi connectivity index (χ3n) is 4.20. The quantitative estimate of drug-likeness (QED) is 0.337. The van der Waals surface area contributed by atoms with Crippen LogP contribution in [0.2, 0.25) is 0 Å². The topological polar surface area (TPSA) is 105 Å². The van der Waals surface area contributed by atoms with Crippen molar-refractivity contribution in [1.29, 1.82) is 0 Å². The molecule has 0 fully saturated rings. The van der Waals surface area contributed by atoms with Crippen molar-refractivity contribution in [3.63, 3.8) is 0 Å². The van der Waals surface area contributed by atoms with Gasteiger partial charge in [0.25, 0.3) is 11.6 Å². The number of nitrogens with zero attached hydrogens (tertiary/aromatic N) is 3. The minimum atomic E-state index is -0.464. The number of nitro benzene ring substituents is 1. The highest BCUT2D eigenvalue weighted by Crippen LogP contribution is 2.16. The van der Waals surface area contributed by atoms with Gasteiger partial charge in [0.2, 0.25) is 5.91 Å². The molecule has 0 spiro atoms. The molecule has 0 atom stereocenters. The molecule has 31 heavy (non-hydrogen) atoms.